The van der Waals surface area contributed by atoms with Crippen molar-refractivity contribution in [2.24, 2.45) is 34.0 Å². The zero-order valence-corrected chi connectivity index (χ0v) is 21.3. The van der Waals surface area contributed by atoms with Gasteiger partial charge in [-0.05, 0) is 24.7 Å². The van der Waals surface area contributed by atoms with Crippen molar-refractivity contribution in [3.8, 4) is 0 Å². The molecule has 0 aliphatic heterocycles. The van der Waals surface area contributed by atoms with E-state index in [9.17, 15) is 34.2 Å². The Hall–Kier alpha value is -3.42. The highest BCUT2D eigenvalue weighted by atomic mass is 16.4. The number of amides is 3. The molecule has 0 aliphatic carbocycles. The van der Waals surface area contributed by atoms with Crippen LogP contribution in [-0.4, -0.2) is 76.5 Å². The summed E-state index contributed by atoms with van der Waals surface area (Å²) in [7, 11) is 0. The first kappa shape index (κ1) is 32.6. The SMILES string of the molecule is CCC(C)C(NC(=O)C(NC(=O)C(CC(=O)O)NC(=O)C(N)CCCN=C(N)N)C(C)CC)C(=O)O. The number of hydrogen-bond acceptors (Lipinski definition) is 7. The van der Waals surface area contributed by atoms with Crippen LogP contribution in [0.5, 0.6) is 0 Å². The molecule has 6 unspecified atom stereocenters. The predicted octanol–water partition coefficient (Wildman–Crippen LogP) is -1.53. The van der Waals surface area contributed by atoms with Crippen LogP contribution in [0.15, 0.2) is 4.99 Å². The first-order chi connectivity index (χ1) is 16.7. The third-order valence-corrected chi connectivity index (χ3v) is 5.89. The van der Waals surface area contributed by atoms with Crippen molar-refractivity contribution in [3.05, 3.63) is 0 Å². The molecule has 0 fully saturated rings. The molecule has 0 saturated carbocycles. The Morgan fingerprint density at radius 2 is 1.36 bits per heavy atom. The molecule has 0 saturated heterocycles. The van der Waals surface area contributed by atoms with Gasteiger partial charge in [-0.3, -0.25) is 24.2 Å². The van der Waals surface area contributed by atoms with E-state index in [1.165, 1.54) is 0 Å². The Morgan fingerprint density at radius 3 is 1.83 bits per heavy atom. The van der Waals surface area contributed by atoms with Crippen LogP contribution in [0.4, 0.5) is 0 Å². The van der Waals surface area contributed by atoms with E-state index in [2.05, 4.69) is 20.9 Å². The van der Waals surface area contributed by atoms with Gasteiger partial charge in [0.2, 0.25) is 17.7 Å². The number of rotatable bonds is 17. The largest absolute Gasteiger partial charge is 0.481 e. The lowest BCUT2D eigenvalue weighted by molar-refractivity contribution is -0.144. The van der Waals surface area contributed by atoms with E-state index in [1.807, 2.05) is 0 Å². The highest BCUT2D eigenvalue weighted by molar-refractivity contribution is 5.95. The molecule has 11 N–H and O–H groups in total. The fourth-order valence-electron chi connectivity index (χ4n) is 3.20. The third kappa shape index (κ3) is 11.8. The van der Waals surface area contributed by atoms with Crippen molar-refractivity contribution < 1.29 is 34.2 Å². The molecule has 0 aromatic heterocycles. The van der Waals surface area contributed by atoms with Crippen molar-refractivity contribution in [3.63, 3.8) is 0 Å². The summed E-state index contributed by atoms with van der Waals surface area (Å²) in [5.74, 6) is -5.85. The summed E-state index contributed by atoms with van der Waals surface area (Å²) in [4.78, 5) is 65.1. The Bertz CT molecular complexity index is 802. The molecule has 0 aromatic rings. The summed E-state index contributed by atoms with van der Waals surface area (Å²) < 4.78 is 0. The van der Waals surface area contributed by atoms with Crippen molar-refractivity contribution in [2.45, 2.75) is 84.0 Å². The molecule has 6 atom stereocenters. The first-order valence-corrected chi connectivity index (χ1v) is 11.9. The van der Waals surface area contributed by atoms with E-state index >= 15 is 0 Å². The van der Waals surface area contributed by atoms with Crippen LogP contribution in [0.1, 0.15) is 59.8 Å². The number of carboxylic acids is 2. The highest BCUT2D eigenvalue weighted by Crippen LogP contribution is 2.13. The molecule has 206 valence electrons. The standard InChI is InChI=1S/C22H41N7O7/c1-5-11(3)16(20(34)29-17(21(35)36)12(4)6-2)28-19(33)14(10-15(30)31)27-18(32)13(23)8-7-9-26-22(24)25/h11-14,16-17H,5-10,23H2,1-4H3,(H,27,32)(H,28,33)(H,29,34)(H,30,31)(H,35,36)(H4,24,25,26). The number of nitrogens with zero attached hydrogens (tertiary/aromatic N) is 1. The number of nitrogens with two attached hydrogens (primary N) is 3. The molecule has 0 heterocycles. The summed E-state index contributed by atoms with van der Waals surface area (Å²) >= 11 is 0. The predicted molar refractivity (Wildman–Crippen MR) is 132 cm³/mol. The fraction of sp³-hybridized carbons (Fsp3) is 0.727. The maximum atomic E-state index is 12.9. The van der Waals surface area contributed by atoms with Crippen LogP contribution < -0.4 is 33.2 Å². The molecule has 3 amide bonds. The number of carbonyl (C=O) groups excluding carboxylic acids is 3. The molecular weight excluding hydrogens is 474 g/mol. The molecule has 0 rings (SSSR count). The molecule has 14 nitrogen and oxygen atoms in total. The monoisotopic (exact) mass is 515 g/mol. The average Bonchev–Trinajstić information content (AvgIpc) is 2.80. The second kappa shape index (κ2) is 16.3. The zero-order chi connectivity index (χ0) is 28.0. The van der Waals surface area contributed by atoms with Crippen molar-refractivity contribution >= 4 is 35.6 Å². The third-order valence-electron chi connectivity index (χ3n) is 5.89. The maximum Gasteiger partial charge on any atom is 0.326 e. The number of aliphatic imine (C=N–C) groups is 1. The van der Waals surface area contributed by atoms with E-state index < -0.39 is 66.2 Å². The second-order valence-electron chi connectivity index (χ2n) is 8.80. The summed E-state index contributed by atoms with van der Waals surface area (Å²) in [6, 6.07) is -4.89. The van der Waals surface area contributed by atoms with Crippen LogP contribution in [0.2, 0.25) is 0 Å². The summed E-state index contributed by atoms with van der Waals surface area (Å²) in [6.45, 7) is 7.15. The minimum absolute atomic E-state index is 0.107. The van der Waals surface area contributed by atoms with Gasteiger partial charge < -0.3 is 43.4 Å². The number of hydrogen-bond donors (Lipinski definition) is 8. The number of carboxylic acid groups (broad SMARTS) is 2. The van der Waals surface area contributed by atoms with E-state index in [0.29, 0.717) is 19.3 Å². The van der Waals surface area contributed by atoms with Crippen LogP contribution in [0.25, 0.3) is 0 Å². The summed E-state index contributed by atoms with van der Waals surface area (Å²) in [5, 5.41) is 26.0. The van der Waals surface area contributed by atoms with Gasteiger partial charge in [-0.15, -0.1) is 0 Å². The lowest BCUT2D eigenvalue weighted by atomic mass is 9.95. The van der Waals surface area contributed by atoms with Crippen molar-refractivity contribution in [1.82, 2.24) is 16.0 Å². The van der Waals surface area contributed by atoms with E-state index in [0.717, 1.165) is 0 Å². The van der Waals surface area contributed by atoms with Crippen LogP contribution in [-0.2, 0) is 24.0 Å². The summed E-state index contributed by atoms with van der Waals surface area (Å²) in [5.41, 5.74) is 16.3. The molecule has 0 radical (unpaired) electrons. The Kier molecular flexibility index (Phi) is 14.7. The Morgan fingerprint density at radius 1 is 0.833 bits per heavy atom. The zero-order valence-electron chi connectivity index (χ0n) is 21.3. The lowest BCUT2D eigenvalue weighted by Crippen LogP contribution is -2.59. The van der Waals surface area contributed by atoms with Gasteiger partial charge in [0.05, 0.1) is 12.5 Å². The van der Waals surface area contributed by atoms with Crippen LogP contribution in [0, 0.1) is 11.8 Å². The van der Waals surface area contributed by atoms with Crippen LogP contribution in [0.3, 0.4) is 0 Å². The fourth-order valence-corrected chi connectivity index (χ4v) is 3.20. The second-order valence-corrected chi connectivity index (χ2v) is 8.80. The average molecular weight is 516 g/mol. The maximum absolute atomic E-state index is 12.9. The molecule has 0 spiro atoms. The molecule has 0 bridgehead atoms. The topological polar surface area (TPSA) is 252 Å². The number of nitrogens with one attached hydrogen (secondary N) is 3. The molecule has 0 aliphatic rings. The number of carbonyl (C=O) groups is 5. The number of aliphatic carboxylic acids is 2. The molecule has 36 heavy (non-hydrogen) atoms. The van der Waals surface area contributed by atoms with Gasteiger partial charge in [0.15, 0.2) is 5.96 Å². The van der Waals surface area contributed by atoms with Crippen molar-refractivity contribution in [2.75, 3.05) is 6.54 Å². The first-order valence-electron chi connectivity index (χ1n) is 11.9. The number of guanidine groups is 1. The lowest BCUT2D eigenvalue weighted by Gasteiger charge is -2.29. The van der Waals surface area contributed by atoms with Crippen molar-refractivity contribution in [1.29, 1.82) is 0 Å². The van der Waals surface area contributed by atoms with Gasteiger partial charge in [-0.2, -0.15) is 0 Å². The summed E-state index contributed by atoms with van der Waals surface area (Å²) in [6.07, 6.45) is 0.748. The normalized spacial score (nSPS) is 15.8. The van der Waals surface area contributed by atoms with Gasteiger partial charge >= 0.3 is 11.9 Å². The minimum Gasteiger partial charge on any atom is -0.481 e. The molecular formula is C22H41N7O7. The Balaban J connectivity index is 5.51. The van der Waals surface area contributed by atoms with Gasteiger partial charge in [0, 0.05) is 6.54 Å². The van der Waals surface area contributed by atoms with Crippen LogP contribution >= 0.6 is 0 Å². The van der Waals surface area contributed by atoms with Gasteiger partial charge in [-0.1, -0.05) is 40.5 Å². The highest BCUT2D eigenvalue weighted by Gasteiger charge is 2.34. The smallest absolute Gasteiger partial charge is 0.326 e. The van der Waals surface area contributed by atoms with Gasteiger partial charge in [0.1, 0.15) is 18.1 Å². The molecule has 14 heteroatoms. The van der Waals surface area contributed by atoms with Gasteiger partial charge in [-0.25, -0.2) is 4.79 Å². The van der Waals surface area contributed by atoms with E-state index in [-0.39, 0.29) is 24.8 Å². The Labute approximate surface area is 210 Å². The van der Waals surface area contributed by atoms with Gasteiger partial charge in [0.25, 0.3) is 0 Å². The van der Waals surface area contributed by atoms with E-state index in [1.54, 1.807) is 27.7 Å². The van der Waals surface area contributed by atoms with E-state index in [4.69, 9.17) is 17.2 Å². The quantitative estimate of drug-likeness (QED) is 0.0630. The molecule has 0 aromatic carbocycles. The minimum atomic E-state index is -1.51.